The Morgan fingerprint density at radius 1 is 1.24 bits per heavy atom. The summed E-state index contributed by atoms with van der Waals surface area (Å²) < 4.78 is 19.5. The average molecular weight is 473 g/mol. The number of aromatic nitrogens is 2. The van der Waals surface area contributed by atoms with Gasteiger partial charge in [-0.3, -0.25) is 24.0 Å². The van der Waals surface area contributed by atoms with E-state index in [0.717, 1.165) is 15.3 Å². The van der Waals surface area contributed by atoms with Crippen molar-refractivity contribution in [2.24, 2.45) is 0 Å². The molecule has 33 heavy (non-hydrogen) atoms. The van der Waals surface area contributed by atoms with Gasteiger partial charge in [0.05, 0.1) is 6.61 Å². The molecule has 0 fully saturated rings. The molecule has 2 heterocycles. The summed E-state index contributed by atoms with van der Waals surface area (Å²) in [4.78, 5) is 42.9. The number of nitrogen functional groups attached to an aromatic ring is 1. The molecule has 174 valence electrons. The summed E-state index contributed by atoms with van der Waals surface area (Å²) in [6.45, 7) is 2.41. The summed E-state index contributed by atoms with van der Waals surface area (Å²) in [5, 5.41) is 0. The molecule has 3 aromatic rings. The van der Waals surface area contributed by atoms with Gasteiger partial charge in [0.25, 0.3) is 11.5 Å². The second-order valence-corrected chi connectivity index (χ2v) is 8.29. The fourth-order valence-electron chi connectivity index (χ4n) is 3.25. The highest BCUT2D eigenvalue weighted by atomic mass is 32.1. The third kappa shape index (κ3) is 5.65. The van der Waals surface area contributed by atoms with E-state index in [9.17, 15) is 18.8 Å². The van der Waals surface area contributed by atoms with Crippen molar-refractivity contribution < 1.29 is 13.9 Å². The first-order valence-corrected chi connectivity index (χ1v) is 11.1. The Hall–Kier alpha value is -3.50. The van der Waals surface area contributed by atoms with Gasteiger partial charge < -0.3 is 10.5 Å². The Kier molecular flexibility index (Phi) is 7.96. The Morgan fingerprint density at radius 2 is 1.97 bits per heavy atom. The quantitative estimate of drug-likeness (QED) is 0.465. The number of anilines is 2. The van der Waals surface area contributed by atoms with Gasteiger partial charge in [-0.15, -0.1) is 11.3 Å². The van der Waals surface area contributed by atoms with Crippen molar-refractivity contribution in [1.29, 1.82) is 0 Å². The number of benzene rings is 1. The Bertz CT molecular complexity index is 1260. The van der Waals surface area contributed by atoms with Gasteiger partial charge in [-0.05, 0) is 42.3 Å². The van der Waals surface area contributed by atoms with Crippen LogP contribution in [0.1, 0.15) is 18.2 Å². The minimum absolute atomic E-state index is 0.0711. The number of halogens is 1. The number of H-pyrrole nitrogens is 1. The molecule has 0 saturated heterocycles. The maximum Gasteiger partial charge on any atom is 0.330 e. The monoisotopic (exact) mass is 472 g/mol. The van der Waals surface area contributed by atoms with E-state index in [2.05, 4.69) is 4.98 Å². The fraction of sp³-hybridized carbons (Fsp3) is 0.261. The van der Waals surface area contributed by atoms with Crippen molar-refractivity contribution in [2.45, 2.75) is 19.9 Å². The second-order valence-electron chi connectivity index (χ2n) is 7.17. The molecule has 3 rings (SSSR count). The maximum atomic E-state index is 13.2. The number of nitrogens with zero attached hydrogens (tertiary/aromatic N) is 2. The first-order chi connectivity index (χ1) is 15.8. The number of carbonyl (C=O) groups is 1. The lowest BCUT2D eigenvalue weighted by Gasteiger charge is -2.23. The first kappa shape index (κ1) is 24.1. The molecular formula is C23H25FN4O4S. The van der Waals surface area contributed by atoms with E-state index >= 15 is 0 Å². The molecule has 8 nitrogen and oxygen atoms in total. The molecule has 1 aromatic carbocycles. The van der Waals surface area contributed by atoms with Crippen LogP contribution in [-0.2, 0) is 16.1 Å². The molecule has 0 saturated carbocycles. The highest BCUT2D eigenvalue weighted by molar-refractivity contribution is 7.16. The molecule has 2 aromatic heterocycles. The van der Waals surface area contributed by atoms with Gasteiger partial charge in [0.15, 0.2) is 5.69 Å². The summed E-state index contributed by atoms with van der Waals surface area (Å²) >= 11 is 1.43. The minimum atomic E-state index is -0.738. The molecule has 10 heteroatoms. The molecule has 0 aliphatic heterocycles. The number of thiophene rings is 1. The van der Waals surface area contributed by atoms with Crippen molar-refractivity contribution >= 4 is 34.8 Å². The molecule has 0 atom stereocenters. The number of amides is 1. The number of ether oxygens (including phenoxy) is 1. The number of rotatable bonds is 9. The predicted molar refractivity (Wildman–Crippen MR) is 129 cm³/mol. The zero-order valence-corrected chi connectivity index (χ0v) is 19.2. The predicted octanol–water partition coefficient (Wildman–Crippen LogP) is 3.09. The van der Waals surface area contributed by atoms with E-state index in [1.165, 1.54) is 46.1 Å². The van der Waals surface area contributed by atoms with Crippen molar-refractivity contribution in [3.8, 4) is 10.4 Å². The summed E-state index contributed by atoms with van der Waals surface area (Å²) in [5.41, 5.74) is 5.54. The van der Waals surface area contributed by atoms with Gasteiger partial charge in [-0.2, -0.15) is 0 Å². The molecule has 0 unspecified atom stereocenters. The lowest BCUT2D eigenvalue weighted by atomic mass is 10.2. The molecular weight excluding hydrogens is 447 g/mol. The van der Waals surface area contributed by atoms with Crippen LogP contribution in [0.2, 0.25) is 0 Å². The third-order valence-corrected chi connectivity index (χ3v) is 5.96. The number of aromatic amines is 1. The zero-order valence-electron chi connectivity index (χ0n) is 18.3. The van der Waals surface area contributed by atoms with E-state index in [0.29, 0.717) is 13.0 Å². The normalized spacial score (nSPS) is 11.2. The van der Waals surface area contributed by atoms with Gasteiger partial charge in [-0.25, -0.2) is 9.18 Å². The van der Waals surface area contributed by atoms with Crippen LogP contribution in [0.25, 0.3) is 16.5 Å². The number of nitrogens with one attached hydrogen (secondary N) is 1. The topological polar surface area (TPSA) is 110 Å². The molecule has 0 aliphatic carbocycles. The van der Waals surface area contributed by atoms with Crippen LogP contribution in [0.15, 0.2) is 52.1 Å². The molecule has 0 aliphatic rings. The van der Waals surface area contributed by atoms with Crippen molar-refractivity contribution in [2.75, 3.05) is 30.9 Å². The Balaban J connectivity index is 1.90. The van der Waals surface area contributed by atoms with Gasteiger partial charge in [0, 0.05) is 36.0 Å². The van der Waals surface area contributed by atoms with E-state index in [-0.39, 0.29) is 30.5 Å². The SMILES string of the molecule is CCCn1c(N)c(N(CCOC)C(=O)/C=C/c2ccc(-c3ccc(F)cc3)s2)c(=O)[nH]c1=O. The summed E-state index contributed by atoms with van der Waals surface area (Å²) in [6.07, 6.45) is 3.59. The van der Waals surface area contributed by atoms with Crippen LogP contribution < -0.4 is 21.9 Å². The first-order valence-electron chi connectivity index (χ1n) is 10.3. The number of methoxy groups -OCH3 is 1. The van der Waals surface area contributed by atoms with Crippen LogP contribution in [0, 0.1) is 5.82 Å². The smallest absolute Gasteiger partial charge is 0.330 e. The van der Waals surface area contributed by atoms with Crippen molar-refractivity contribution in [3.63, 3.8) is 0 Å². The minimum Gasteiger partial charge on any atom is -0.383 e. The van der Waals surface area contributed by atoms with Gasteiger partial charge in [0.1, 0.15) is 11.6 Å². The molecule has 3 N–H and O–H groups in total. The van der Waals surface area contributed by atoms with Gasteiger partial charge >= 0.3 is 5.69 Å². The summed E-state index contributed by atoms with van der Waals surface area (Å²) in [5.74, 6) is -0.863. The number of hydrogen-bond donors (Lipinski definition) is 2. The lowest BCUT2D eigenvalue weighted by Crippen LogP contribution is -2.42. The van der Waals surface area contributed by atoms with Crippen molar-refractivity contribution in [1.82, 2.24) is 9.55 Å². The van der Waals surface area contributed by atoms with Crippen LogP contribution >= 0.6 is 11.3 Å². The van der Waals surface area contributed by atoms with Crippen molar-refractivity contribution in [3.05, 3.63) is 74.0 Å². The third-order valence-electron chi connectivity index (χ3n) is 4.86. The van der Waals surface area contributed by atoms with E-state index < -0.39 is 17.2 Å². The second kappa shape index (κ2) is 10.9. The molecule has 0 radical (unpaired) electrons. The number of hydrogen-bond acceptors (Lipinski definition) is 6. The van der Waals surface area contributed by atoms with Gasteiger partial charge in [0.2, 0.25) is 0 Å². The van der Waals surface area contributed by atoms with E-state index in [1.807, 2.05) is 19.1 Å². The lowest BCUT2D eigenvalue weighted by molar-refractivity contribution is -0.114. The highest BCUT2D eigenvalue weighted by Gasteiger charge is 2.22. The maximum absolute atomic E-state index is 13.2. The van der Waals surface area contributed by atoms with Gasteiger partial charge in [-0.1, -0.05) is 19.1 Å². The summed E-state index contributed by atoms with van der Waals surface area (Å²) in [7, 11) is 1.48. The highest BCUT2D eigenvalue weighted by Crippen LogP contribution is 2.29. The fourth-order valence-corrected chi connectivity index (χ4v) is 4.17. The number of nitrogens with two attached hydrogens (primary N) is 1. The Morgan fingerprint density at radius 3 is 2.64 bits per heavy atom. The van der Waals surface area contributed by atoms with E-state index in [1.54, 1.807) is 18.2 Å². The molecule has 0 spiro atoms. The van der Waals surface area contributed by atoms with Crippen LogP contribution in [0.4, 0.5) is 15.9 Å². The van der Waals surface area contributed by atoms with Crippen LogP contribution in [-0.4, -0.2) is 35.7 Å². The van der Waals surface area contributed by atoms with Crippen LogP contribution in [0.3, 0.4) is 0 Å². The van der Waals surface area contributed by atoms with Crippen LogP contribution in [0.5, 0.6) is 0 Å². The Labute approximate surface area is 193 Å². The largest absolute Gasteiger partial charge is 0.383 e. The molecule has 1 amide bonds. The standard InChI is InChI=1S/C23H25FN4O4S/c1-3-12-28-21(25)20(22(30)26-23(28)31)27(13-14-32-2)19(29)11-9-17-8-10-18(33-17)15-4-6-16(24)7-5-15/h4-11H,3,12-14,25H2,1-2H3,(H,26,30,31)/b11-9+. The summed E-state index contributed by atoms with van der Waals surface area (Å²) in [6, 6.07) is 9.88. The number of carbonyl (C=O) groups excluding carboxylic acids is 1. The zero-order chi connectivity index (χ0) is 24.0. The molecule has 0 bridgehead atoms. The average Bonchev–Trinajstić information content (AvgIpc) is 3.26. The van der Waals surface area contributed by atoms with E-state index in [4.69, 9.17) is 10.5 Å².